The number of benzene rings is 1. The normalized spacial score (nSPS) is 18.1. The minimum absolute atomic E-state index is 0.753. The number of hydrogen-bond acceptors (Lipinski definition) is 2. The lowest BCUT2D eigenvalue weighted by Gasteiger charge is -2.14. The van der Waals surface area contributed by atoms with Gasteiger partial charge < -0.3 is 5.41 Å². The van der Waals surface area contributed by atoms with E-state index in [1.54, 1.807) is 0 Å². The second-order valence-corrected chi connectivity index (χ2v) is 4.08. The maximum atomic E-state index is 7.80. The van der Waals surface area contributed by atoms with Crippen LogP contribution in [0.1, 0.15) is 12.8 Å². The zero-order valence-electron chi connectivity index (χ0n) is 8.90. The zero-order valence-corrected chi connectivity index (χ0v) is 8.90. The highest BCUT2D eigenvalue weighted by Crippen LogP contribution is 2.23. The van der Waals surface area contributed by atoms with Crippen LogP contribution in [-0.2, 0) is 0 Å². The number of rotatable bonds is 0. The minimum atomic E-state index is 0.753. The lowest BCUT2D eigenvalue weighted by atomic mass is 9.90. The Morgan fingerprint density at radius 2 is 2.06 bits per heavy atom. The van der Waals surface area contributed by atoms with E-state index in [9.17, 15) is 0 Å². The smallest absolute Gasteiger partial charge is 0.0705 e. The van der Waals surface area contributed by atoms with E-state index in [-0.39, 0.29) is 0 Å². The van der Waals surface area contributed by atoms with Gasteiger partial charge in [-0.15, -0.1) is 0 Å². The van der Waals surface area contributed by atoms with Gasteiger partial charge in [0.05, 0.1) is 5.36 Å². The Kier molecular flexibility index (Phi) is 2.07. The molecular formula is C14H12N2. The van der Waals surface area contributed by atoms with Gasteiger partial charge >= 0.3 is 0 Å². The van der Waals surface area contributed by atoms with Gasteiger partial charge in [-0.2, -0.15) is 0 Å². The Hall–Kier alpha value is -1.96. The Morgan fingerprint density at radius 1 is 1.19 bits per heavy atom. The second kappa shape index (κ2) is 3.56. The van der Waals surface area contributed by atoms with Crippen molar-refractivity contribution in [2.45, 2.75) is 12.8 Å². The molecule has 1 aliphatic heterocycles. The van der Waals surface area contributed by atoms with Gasteiger partial charge in [0.25, 0.3) is 0 Å². The SMILES string of the molecule is N=C1CC=C2C=CN=c3ccccc3=C2C1. The highest BCUT2D eigenvalue weighted by atomic mass is 14.7. The molecule has 0 unspecified atom stereocenters. The van der Waals surface area contributed by atoms with E-state index >= 15 is 0 Å². The summed E-state index contributed by atoms with van der Waals surface area (Å²) in [5.74, 6) is 0. The van der Waals surface area contributed by atoms with Crippen molar-refractivity contribution < 1.29 is 0 Å². The largest absolute Gasteiger partial charge is 0.309 e. The van der Waals surface area contributed by atoms with Gasteiger partial charge in [-0.3, -0.25) is 4.99 Å². The van der Waals surface area contributed by atoms with Crippen LogP contribution in [0.25, 0.3) is 5.57 Å². The van der Waals surface area contributed by atoms with Gasteiger partial charge in [0.1, 0.15) is 0 Å². The lowest BCUT2D eigenvalue weighted by molar-refractivity contribution is 1.21. The summed E-state index contributed by atoms with van der Waals surface area (Å²) < 4.78 is 0. The van der Waals surface area contributed by atoms with Crippen LogP contribution in [0.4, 0.5) is 0 Å². The number of allylic oxidation sites excluding steroid dienone is 3. The topological polar surface area (TPSA) is 36.2 Å². The molecule has 0 spiro atoms. The van der Waals surface area contributed by atoms with E-state index in [1.165, 1.54) is 16.4 Å². The standard InChI is InChI=1S/C14H12N2/c15-11-6-5-10-7-8-16-14-4-2-1-3-12(14)13(10)9-11/h1-5,7-8,15H,6,9H2. The molecule has 0 saturated carbocycles. The third-order valence-corrected chi connectivity index (χ3v) is 3.00. The predicted molar refractivity (Wildman–Crippen MR) is 64.8 cm³/mol. The fourth-order valence-electron chi connectivity index (χ4n) is 2.20. The van der Waals surface area contributed by atoms with E-state index < -0.39 is 0 Å². The first-order chi connectivity index (χ1) is 7.84. The lowest BCUT2D eigenvalue weighted by Crippen LogP contribution is -2.27. The van der Waals surface area contributed by atoms with Crippen molar-refractivity contribution in [2.24, 2.45) is 4.99 Å². The van der Waals surface area contributed by atoms with Gasteiger partial charge in [0.2, 0.25) is 0 Å². The molecule has 2 aliphatic rings. The van der Waals surface area contributed by atoms with Crippen LogP contribution >= 0.6 is 0 Å². The van der Waals surface area contributed by atoms with E-state index in [1.807, 2.05) is 30.5 Å². The number of fused-ring (bicyclic) bond motifs is 2. The Morgan fingerprint density at radius 3 is 3.00 bits per heavy atom. The average molecular weight is 208 g/mol. The fourth-order valence-corrected chi connectivity index (χ4v) is 2.20. The average Bonchev–Trinajstić information content (AvgIpc) is 2.48. The van der Waals surface area contributed by atoms with Crippen LogP contribution in [0.3, 0.4) is 0 Å². The molecule has 1 aromatic carbocycles. The minimum Gasteiger partial charge on any atom is -0.309 e. The van der Waals surface area contributed by atoms with Crippen molar-refractivity contribution in [1.29, 1.82) is 5.41 Å². The first kappa shape index (κ1) is 9.28. The number of para-hydroxylation sites is 1. The molecule has 3 rings (SSSR count). The van der Waals surface area contributed by atoms with Crippen LogP contribution in [0.2, 0.25) is 0 Å². The first-order valence-corrected chi connectivity index (χ1v) is 5.44. The van der Waals surface area contributed by atoms with Gasteiger partial charge in [0, 0.05) is 30.0 Å². The third kappa shape index (κ3) is 1.43. The number of hydrogen-bond donors (Lipinski definition) is 1. The van der Waals surface area contributed by atoms with Gasteiger partial charge in [0.15, 0.2) is 0 Å². The van der Waals surface area contributed by atoms with Crippen LogP contribution in [-0.4, -0.2) is 5.71 Å². The van der Waals surface area contributed by atoms with Gasteiger partial charge in [-0.05, 0) is 23.3 Å². The molecule has 2 nitrogen and oxygen atoms in total. The van der Waals surface area contributed by atoms with Crippen molar-refractivity contribution in [3.05, 3.63) is 58.8 Å². The monoisotopic (exact) mass is 208 g/mol. The molecule has 1 aromatic rings. The zero-order chi connectivity index (χ0) is 11.0. The molecule has 0 saturated heterocycles. The molecule has 1 heterocycles. The summed E-state index contributed by atoms with van der Waals surface area (Å²) in [5, 5.41) is 9.98. The van der Waals surface area contributed by atoms with E-state index in [4.69, 9.17) is 5.41 Å². The van der Waals surface area contributed by atoms with E-state index in [2.05, 4.69) is 17.1 Å². The van der Waals surface area contributed by atoms with Gasteiger partial charge in [-0.25, -0.2) is 0 Å². The Labute approximate surface area is 93.9 Å². The Balaban J connectivity index is 2.42. The molecule has 78 valence electrons. The quantitative estimate of drug-likeness (QED) is 0.674. The predicted octanol–water partition coefficient (Wildman–Crippen LogP) is 1.72. The van der Waals surface area contributed by atoms with Crippen molar-refractivity contribution in [2.75, 3.05) is 0 Å². The van der Waals surface area contributed by atoms with Crippen molar-refractivity contribution in [3.63, 3.8) is 0 Å². The molecular weight excluding hydrogens is 196 g/mol. The maximum absolute atomic E-state index is 7.80. The van der Waals surface area contributed by atoms with Gasteiger partial charge in [-0.1, -0.05) is 24.3 Å². The van der Waals surface area contributed by atoms with Crippen LogP contribution in [0, 0.1) is 5.41 Å². The maximum Gasteiger partial charge on any atom is 0.0705 e. The fraction of sp³-hybridized carbons (Fsp3) is 0.143. The number of nitrogens with zero attached hydrogens (tertiary/aromatic N) is 1. The molecule has 1 N–H and O–H groups in total. The highest BCUT2D eigenvalue weighted by Gasteiger charge is 2.13. The molecule has 1 aliphatic carbocycles. The summed E-state index contributed by atoms with van der Waals surface area (Å²) in [6, 6.07) is 8.14. The molecule has 0 aromatic heterocycles. The summed E-state index contributed by atoms with van der Waals surface area (Å²) in [7, 11) is 0. The molecule has 0 fully saturated rings. The first-order valence-electron chi connectivity index (χ1n) is 5.44. The molecule has 16 heavy (non-hydrogen) atoms. The summed E-state index contributed by atoms with van der Waals surface area (Å²) >= 11 is 0. The molecule has 0 atom stereocenters. The second-order valence-electron chi connectivity index (χ2n) is 4.08. The van der Waals surface area contributed by atoms with Crippen molar-refractivity contribution >= 4 is 11.3 Å². The number of nitrogens with one attached hydrogen (secondary N) is 1. The van der Waals surface area contributed by atoms with Crippen LogP contribution in [0.15, 0.2) is 53.2 Å². The molecule has 0 amide bonds. The summed E-state index contributed by atoms with van der Waals surface area (Å²) in [6.45, 7) is 0. The molecule has 0 radical (unpaired) electrons. The Bertz CT molecular complexity index is 633. The molecule has 0 bridgehead atoms. The van der Waals surface area contributed by atoms with Crippen LogP contribution in [0.5, 0.6) is 0 Å². The molecule has 2 heteroatoms. The van der Waals surface area contributed by atoms with Crippen LogP contribution < -0.4 is 10.6 Å². The van der Waals surface area contributed by atoms with Crippen molar-refractivity contribution in [1.82, 2.24) is 0 Å². The highest BCUT2D eigenvalue weighted by molar-refractivity contribution is 5.96. The van der Waals surface area contributed by atoms with E-state index in [0.29, 0.717) is 0 Å². The summed E-state index contributed by atoms with van der Waals surface area (Å²) in [5.41, 5.74) is 3.25. The van der Waals surface area contributed by atoms with Crippen molar-refractivity contribution in [3.8, 4) is 0 Å². The van der Waals surface area contributed by atoms with E-state index in [0.717, 1.165) is 23.9 Å². The summed E-state index contributed by atoms with van der Waals surface area (Å²) in [6.07, 6.45) is 7.54. The third-order valence-electron chi connectivity index (χ3n) is 3.00. The summed E-state index contributed by atoms with van der Waals surface area (Å²) in [4.78, 5) is 4.42.